The minimum Gasteiger partial charge on any atom is -0.497 e. The van der Waals surface area contributed by atoms with E-state index in [0.29, 0.717) is 18.9 Å². The normalized spacial score (nSPS) is 15.5. The fourth-order valence-electron chi connectivity index (χ4n) is 3.85. The molecule has 0 aromatic heterocycles. The van der Waals surface area contributed by atoms with Gasteiger partial charge in [0.25, 0.3) is 5.91 Å². The lowest BCUT2D eigenvalue weighted by atomic mass is 10.1. The molecule has 0 unspecified atom stereocenters. The lowest BCUT2D eigenvalue weighted by Crippen LogP contribution is -2.37. The Hall–Kier alpha value is -3.43. The number of methoxy groups -OCH3 is 1. The van der Waals surface area contributed by atoms with Crippen molar-refractivity contribution < 1.29 is 31.3 Å². The van der Waals surface area contributed by atoms with Crippen molar-refractivity contribution in [2.45, 2.75) is 30.4 Å². The third-order valence-electron chi connectivity index (χ3n) is 5.66. The van der Waals surface area contributed by atoms with Gasteiger partial charge >= 0.3 is 10.1 Å². The Balaban J connectivity index is 1.48. The highest BCUT2D eigenvalue weighted by atomic mass is 32.2. The summed E-state index contributed by atoms with van der Waals surface area (Å²) >= 11 is 0. The SMILES string of the molecule is COc1ccc(S(=O)(=O)Oc2ccc(CN(C[C@H]3CCCO3)C(=O)c3cccc(F)c3)cc2)cc1. The largest absolute Gasteiger partial charge is 0.497 e. The average molecular weight is 500 g/mol. The van der Waals surface area contributed by atoms with Crippen LogP contribution >= 0.6 is 0 Å². The molecular weight excluding hydrogens is 473 g/mol. The Morgan fingerprint density at radius 3 is 2.40 bits per heavy atom. The molecule has 1 amide bonds. The van der Waals surface area contributed by atoms with Crippen molar-refractivity contribution in [1.82, 2.24) is 4.90 Å². The zero-order chi connectivity index (χ0) is 24.8. The first-order valence-corrected chi connectivity index (χ1v) is 12.6. The van der Waals surface area contributed by atoms with Crippen LogP contribution in [-0.4, -0.2) is 45.6 Å². The number of ether oxygens (including phenoxy) is 2. The Labute approximate surface area is 204 Å². The first-order chi connectivity index (χ1) is 16.8. The van der Waals surface area contributed by atoms with E-state index in [1.54, 1.807) is 23.1 Å². The maximum absolute atomic E-state index is 13.7. The van der Waals surface area contributed by atoms with E-state index in [9.17, 15) is 17.6 Å². The van der Waals surface area contributed by atoms with Gasteiger partial charge in [-0.25, -0.2) is 4.39 Å². The van der Waals surface area contributed by atoms with E-state index in [1.165, 1.54) is 61.7 Å². The Kier molecular flexibility index (Phi) is 7.67. The molecular formula is C26H26FNO6S. The molecule has 0 aliphatic carbocycles. The Morgan fingerprint density at radius 1 is 1.06 bits per heavy atom. The molecule has 1 aliphatic rings. The van der Waals surface area contributed by atoms with Gasteiger partial charge in [-0.2, -0.15) is 8.42 Å². The first kappa shape index (κ1) is 24.7. The van der Waals surface area contributed by atoms with Crippen molar-refractivity contribution in [3.8, 4) is 11.5 Å². The van der Waals surface area contributed by atoms with Crippen molar-refractivity contribution in [1.29, 1.82) is 0 Å². The van der Waals surface area contributed by atoms with E-state index < -0.39 is 15.9 Å². The van der Waals surface area contributed by atoms with Crippen LogP contribution in [0.25, 0.3) is 0 Å². The van der Waals surface area contributed by atoms with E-state index in [1.807, 2.05) is 0 Å². The summed E-state index contributed by atoms with van der Waals surface area (Å²) in [5.74, 6) is -0.102. The Bertz CT molecular complexity index is 1260. The molecule has 7 nitrogen and oxygen atoms in total. The van der Waals surface area contributed by atoms with Crippen molar-refractivity contribution in [3.63, 3.8) is 0 Å². The maximum atomic E-state index is 13.7. The highest BCUT2D eigenvalue weighted by molar-refractivity contribution is 7.87. The van der Waals surface area contributed by atoms with Gasteiger partial charge in [0.15, 0.2) is 0 Å². The number of benzene rings is 3. The first-order valence-electron chi connectivity index (χ1n) is 11.2. The van der Waals surface area contributed by atoms with Crippen molar-refractivity contribution in [2.24, 2.45) is 0 Å². The molecule has 1 heterocycles. The van der Waals surface area contributed by atoms with E-state index in [2.05, 4.69) is 0 Å². The van der Waals surface area contributed by atoms with E-state index in [4.69, 9.17) is 13.7 Å². The number of carbonyl (C=O) groups is 1. The topological polar surface area (TPSA) is 82.1 Å². The zero-order valence-electron chi connectivity index (χ0n) is 19.2. The fraction of sp³-hybridized carbons (Fsp3) is 0.269. The molecule has 0 radical (unpaired) electrons. The predicted molar refractivity (Wildman–Crippen MR) is 127 cm³/mol. The van der Waals surface area contributed by atoms with Crippen molar-refractivity contribution >= 4 is 16.0 Å². The number of carbonyl (C=O) groups excluding carboxylic acids is 1. The molecule has 0 N–H and O–H groups in total. The third kappa shape index (κ3) is 6.37. The lowest BCUT2D eigenvalue weighted by Gasteiger charge is -2.26. The van der Waals surface area contributed by atoms with E-state index in [-0.39, 0.29) is 34.8 Å². The Morgan fingerprint density at radius 2 is 1.77 bits per heavy atom. The number of amides is 1. The van der Waals surface area contributed by atoms with Crippen molar-refractivity contribution in [3.05, 3.63) is 89.7 Å². The molecule has 0 saturated carbocycles. The van der Waals surface area contributed by atoms with Gasteiger partial charge in [-0.1, -0.05) is 18.2 Å². The van der Waals surface area contributed by atoms with Crippen LogP contribution in [0.3, 0.4) is 0 Å². The predicted octanol–water partition coefficient (Wildman–Crippen LogP) is 4.42. The molecule has 1 atom stereocenters. The molecule has 35 heavy (non-hydrogen) atoms. The molecule has 1 fully saturated rings. The van der Waals surface area contributed by atoms with Gasteiger partial charge in [-0.15, -0.1) is 0 Å². The summed E-state index contributed by atoms with van der Waals surface area (Å²) in [5.41, 5.74) is 1.02. The van der Waals surface area contributed by atoms with E-state index in [0.717, 1.165) is 18.4 Å². The minimum absolute atomic E-state index is 0.00538. The van der Waals surface area contributed by atoms with Crippen LogP contribution in [0.15, 0.2) is 77.7 Å². The second-order valence-corrected chi connectivity index (χ2v) is 9.73. The molecule has 1 saturated heterocycles. The standard InChI is InChI=1S/C26H26FNO6S/c1-32-22-11-13-25(14-12-22)35(30,31)34-23-9-7-19(8-10-23)17-28(18-24-6-3-15-33-24)26(29)20-4-2-5-21(27)16-20/h2,4-5,7-14,16,24H,3,6,15,17-18H2,1H3/t24-/m1/s1. The third-order valence-corrected chi connectivity index (χ3v) is 6.92. The van der Waals surface area contributed by atoms with Crippen LogP contribution in [0.2, 0.25) is 0 Å². The van der Waals surface area contributed by atoms with Crippen LogP contribution in [0, 0.1) is 5.82 Å². The van der Waals surface area contributed by atoms with Crippen molar-refractivity contribution in [2.75, 3.05) is 20.3 Å². The van der Waals surface area contributed by atoms with Gasteiger partial charge in [0.2, 0.25) is 0 Å². The summed E-state index contributed by atoms with van der Waals surface area (Å²) in [6.07, 6.45) is 1.70. The van der Waals surface area contributed by atoms with Gasteiger partial charge in [-0.05, 0) is 73.0 Å². The van der Waals surface area contributed by atoms with Crippen LogP contribution < -0.4 is 8.92 Å². The van der Waals surface area contributed by atoms with Gasteiger partial charge in [0.1, 0.15) is 22.2 Å². The summed E-state index contributed by atoms with van der Waals surface area (Å²) in [6.45, 7) is 1.28. The number of hydrogen-bond donors (Lipinski definition) is 0. The second kappa shape index (κ2) is 10.9. The summed E-state index contributed by atoms with van der Waals surface area (Å²) in [4.78, 5) is 14.8. The average Bonchev–Trinajstić information content (AvgIpc) is 3.37. The quantitative estimate of drug-likeness (QED) is 0.406. The van der Waals surface area contributed by atoms with Gasteiger partial charge < -0.3 is 18.6 Å². The summed E-state index contributed by atoms with van der Waals surface area (Å²) in [6, 6.07) is 17.9. The summed E-state index contributed by atoms with van der Waals surface area (Å²) in [5, 5.41) is 0. The van der Waals surface area contributed by atoms with Gasteiger partial charge in [-0.3, -0.25) is 4.79 Å². The maximum Gasteiger partial charge on any atom is 0.339 e. The highest BCUT2D eigenvalue weighted by Gasteiger charge is 2.24. The lowest BCUT2D eigenvalue weighted by molar-refractivity contribution is 0.0507. The van der Waals surface area contributed by atoms with Gasteiger partial charge in [0.05, 0.1) is 13.2 Å². The molecule has 9 heteroatoms. The molecule has 184 valence electrons. The second-order valence-electron chi connectivity index (χ2n) is 8.19. The fourth-order valence-corrected chi connectivity index (χ4v) is 4.78. The van der Waals surface area contributed by atoms with E-state index >= 15 is 0 Å². The number of hydrogen-bond acceptors (Lipinski definition) is 6. The highest BCUT2D eigenvalue weighted by Crippen LogP contribution is 2.23. The van der Waals surface area contributed by atoms with Crippen LogP contribution in [0.1, 0.15) is 28.8 Å². The van der Waals surface area contributed by atoms with Gasteiger partial charge in [0, 0.05) is 25.3 Å². The van der Waals surface area contributed by atoms with Crippen LogP contribution in [-0.2, 0) is 21.4 Å². The van der Waals surface area contributed by atoms with Crippen LogP contribution in [0.4, 0.5) is 4.39 Å². The molecule has 0 spiro atoms. The molecule has 4 rings (SSSR count). The molecule has 1 aliphatic heterocycles. The molecule has 3 aromatic carbocycles. The smallest absolute Gasteiger partial charge is 0.339 e. The zero-order valence-corrected chi connectivity index (χ0v) is 20.0. The molecule has 0 bridgehead atoms. The number of nitrogens with zero attached hydrogens (tertiary/aromatic N) is 1. The number of halogens is 1. The number of rotatable bonds is 9. The summed E-state index contributed by atoms with van der Waals surface area (Å²) in [7, 11) is -2.52. The molecule has 3 aromatic rings. The monoisotopic (exact) mass is 499 g/mol. The van der Waals surface area contributed by atoms with Crippen LogP contribution in [0.5, 0.6) is 11.5 Å². The summed E-state index contributed by atoms with van der Waals surface area (Å²) < 4.78 is 54.8. The minimum atomic E-state index is -4.02.